The summed E-state index contributed by atoms with van der Waals surface area (Å²) < 4.78 is 62.4. The van der Waals surface area contributed by atoms with E-state index in [1.807, 2.05) is 0 Å². The molecule has 0 spiro atoms. The van der Waals surface area contributed by atoms with Crippen molar-refractivity contribution in [3.63, 3.8) is 0 Å². The molecule has 0 bridgehead atoms. The average molecular weight is 441 g/mol. The van der Waals surface area contributed by atoms with Gasteiger partial charge in [0.2, 0.25) is 0 Å². The highest BCUT2D eigenvalue weighted by molar-refractivity contribution is 7.99. The number of halogens is 4. The molecule has 0 atom stereocenters. The topological polar surface area (TPSA) is 71.4 Å². The lowest BCUT2D eigenvalue weighted by atomic mass is 10.2. The molecular formula is C17H16ClF3O4S2. The molecule has 0 saturated heterocycles. The molecule has 0 unspecified atom stereocenters. The van der Waals surface area contributed by atoms with Gasteiger partial charge in [-0.05, 0) is 36.4 Å². The molecule has 27 heavy (non-hydrogen) atoms. The van der Waals surface area contributed by atoms with Gasteiger partial charge in [0.15, 0.2) is 9.84 Å². The van der Waals surface area contributed by atoms with Gasteiger partial charge < -0.3 is 5.11 Å². The zero-order chi connectivity index (χ0) is 20.8. The fourth-order valence-electron chi connectivity index (χ4n) is 1.71. The maximum Gasteiger partial charge on any atom is 0.417 e. The van der Waals surface area contributed by atoms with Crippen LogP contribution < -0.4 is 0 Å². The minimum absolute atomic E-state index is 0.0813. The molecule has 0 amide bonds. The predicted octanol–water partition coefficient (Wildman–Crippen LogP) is 5.39. The number of carbonyl (C=O) groups is 1. The highest BCUT2D eigenvalue weighted by Gasteiger charge is 2.34. The largest absolute Gasteiger partial charge is 0.481 e. The lowest BCUT2D eigenvalue weighted by molar-refractivity contribution is -0.140. The summed E-state index contributed by atoms with van der Waals surface area (Å²) in [5.74, 6) is -0.745. The van der Waals surface area contributed by atoms with Gasteiger partial charge in [-0.2, -0.15) is 13.2 Å². The van der Waals surface area contributed by atoms with Crippen LogP contribution >= 0.6 is 23.4 Å². The molecular weight excluding hydrogens is 425 g/mol. The van der Waals surface area contributed by atoms with E-state index in [0.717, 1.165) is 30.2 Å². The van der Waals surface area contributed by atoms with Crippen LogP contribution in [-0.4, -0.2) is 25.7 Å². The van der Waals surface area contributed by atoms with Crippen molar-refractivity contribution in [2.75, 3.05) is 6.26 Å². The van der Waals surface area contributed by atoms with Crippen LogP contribution in [-0.2, 0) is 20.8 Å². The van der Waals surface area contributed by atoms with Crippen LogP contribution in [0.2, 0.25) is 5.02 Å². The van der Waals surface area contributed by atoms with Crippen LogP contribution in [0.3, 0.4) is 0 Å². The van der Waals surface area contributed by atoms with Crippen molar-refractivity contribution in [2.24, 2.45) is 0 Å². The van der Waals surface area contributed by atoms with Crippen molar-refractivity contribution in [3.8, 4) is 0 Å². The van der Waals surface area contributed by atoms with E-state index in [0.29, 0.717) is 16.0 Å². The number of sulfone groups is 1. The number of aliphatic carboxylic acids is 1. The molecule has 2 aromatic rings. The van der Waals surface area contributed by atoms with Gasteiger partial charge in [0.05, 0.1) is 10.5 Å². The van der Waals surface area contributed by atoms with E-state index in [-0.39, 0.29) is 16.2 Å². The second-order valence-electron chi connectivity index (χ2n) is 5.23. The van der Waals surface area contributed by atoms with E-state index in [2.05, 4.69) is 0 Å². The number of alkyl halides is 3. The summed E-state index contributed by atoms with van der Waals surface area (Å²) in [5, 5.41) is 8.13. The predicted molar refractivity (Wildman–Crippen MR) is 98.1 cm³/mol. The summed E-state index contributed by atoms with van der Waals surface area (Å²) in [6.45, 7) is 1.60. The summed E-state index contributed by atoms with van der Waals surface area (Å²) in [5.41, 5.74) is -0.986. The quantitative estimate of drug-likeness (QED) is 0.689. The number of benzene rings is 2. The number of carboxylic acid groups (broad SMARTS) is 1. The summed E-state index contributed by atoms with van der Waals surface area (Å²) in [6, 6.07) is 9.38. The SMILES string of the molecule is CCC(=O)O.CS(=O)(=O)c1ccc(Sc2cccc(Cl)c2)c(C(F)(F)F)c1. The van der Waals surface area contributed by atoms with Crippen molar-refractivity contribution < 1.29 is 31.5 Å². The number of carboxylic acids is 1. The Morgan fingerprint density at radius 3 is 2.22 bits per heavy atom. The second kappa shape index (κ2) is 9.48. The molecule has 1 N–H and O–H groups in total. The van der Waals surface area contributed by atoms with Crippen LogP contribution in [0, 0.1) is 0 Å². The van der Waals surface area contributed by atoms with Crippen molar-refractivity contribution in [3.05, 3.63) is 53.1 Å². The molecule has 0 radical (unpaired) electrons. The second-order valence-corrected chi connectivity index (χ2v) is 8.80. The first kappa shape index (κ1) is 23.3. The van der Waals surface area contributed by atoms with E-state index < -0.39 is 27.5 Å². The first-order valence-electron chi connectivity index (χ1n) is 7.41. The number of rotatable bonds is 4. The van der Waals surface area contributed by atoms with E-state index in [9.17, 15) is 26.4 Å². The van der Waals surface area contributed by atoms with Gasteiger partial charge in [-0.15, -0.1) is 0 Å². The van der Waals surface area contributed by atoms with Gasteiger partial charge in [0, 0.05) is 27.5 Å². The monoisotopic (exact) mass is 440 g/mol. The minimum Gasteiger partial charge on any atom is -0.481 e. The van der Waals surface area contributed by atoms with Gasteiger partial charge in [-0.3, -0.25) is 4.79 Å². The lowest BCUT2D eigenvalue weighted by Crippen LogP contribution is -2.09. The molecule has 0 aliphatic rings. The van der Waals surface area contributed by atoms with Crippen LogP contribution in [0.15, 0.2) is 57.2 Å². The maximum atomic E-state index is 13.2. The van der Waals surface area contributed by atoms with Crippen molar-refractivity contribution >= 4 is 39.2 Å². The zero-order valence-corrected chi connectivity index (χ0v) is 16.6. The molecule has 0 heterocycles. The minimum atomic E-state index is -4.65. The van der Waals surface area contributed by atoms with Crippen LogP contribution in [0.5, 0.6) is 0 Å². The molecule has 2 rings (SSSR count). The molecule has 0 aromatic heterocycles. The highest BCUT2D eigenvalue weighted by Crippen LogP contribution is 2.40. The van der Waals surface area contributed by atoms with Gasteiger partial charge in [0.1, 0.15) is 0 Å². The highest BCUT2D eigenvalue weighted by atomic mass is 35.5. The number of hydrogen-bond donors (Lipinski definition) is 1. The molecule has 10 heteroatoms. The van der Waals surface area contributed by atoms with Crippen LogP contribution in [0.25, 0.3) is 0 Å². The first-order chi connectivity index (χ1) is 12.3. The molecule has 0 fully saturated rings. The van der Waals surface area contributed by atoms with Crippen LogP contribution in [0.1, 0.15) is 18.9 Å². The Bertz CT molecular complexity index is 913. The molecule has 148 valence electrons. The van der Waals surface area contributed by atoms with Crippen LogP contribution in [0.4, 0.5) is 13.2 Å². The molecule has 0 saturated carbocycles. The fraction of sp³-hybridized carbons (Fsp3) is 0.235. The molecule has 2 aromatic carbocycles. The van der Waals surface area contributed by atoms with E-state index in [1.165, 1.54) is 6.07 Å². The average Bonchev–Trinajstić information content (AvgIpc) is 2.53. The third kappa shape index (κ3) is 7.82. The Hall–Kier alpha value is -1.71. The van der Waals surface area contributed by atoms with E-state index in [4.69, 9.17) is 16.7 Å². The fourth-order valence-corrected chi connectivity index (χ4v) is 3.62. The normalized spacial score (nSPS) is 11.5. The third-order valence-corrected chi connectivity index (χ3v) is 5.42. The summed E-state index contributed by atoms with van der Waals surface area (Å²) in [4.78, 5) is 9.45. The third-order valence-electron chi connectivity index (χ3n) is 3.01. The lowest BCUT2D eigenvalue weighted by Gasteiger charge is -2.14. The maximum absolute atomic E-state index is 13.2. The zero-order valence-electron chi connectivity index (χ0n) is 14.2. The van der Waals surface area contributed by atoms with Crippen molar-refractivity contribution in [1.29, 1.82) is 0 Å². The number of hydrogen-bond acceptors (Lipinski definition) is 4. The summed E-state index contributed by atoms with van der Waals surface area (Å²) in [7, 11) is -3.71. The smallest absolute Gasteiger partial charge is 0.417 e. The van der Waals surface area contributed by atoms with E-state index >= 15 is 0 Å². The molecule has 0 aliphatic carbocycles. The van der Waals surface area contributed by atoms with E-state index in [1.54, 1.807) is 25.1 Å². The summed E-state index contributed by atoms with van der Waals surface area (Å²) >= 11 is 6.69. The van der Waals surface area contributed by atoms with Gasteiger partial charge >= 0.3 is 12.1 Å². The Morgan fingerprint density at radius 2 is 1.78 bits per heavy atom. The Kier molecular flexibility index (Phi) is 8.19. The first-order valence-corrected chi connectivity index (χ1v) is 10.5. The Labute approximate surface area is 164 Å². The van der Waals surface area contributed by atoms with Gasteiger partial charge in [-0.1, -0.05) is 36.4 Å². The standard InChI is InChI=1S/C14H10ClF3O2S2.C3H6O2/c1-22(19,20)11-5-6-13(12(8-11)14(16,17)18)21-10-4-2-3-9(15)7-10;1-2-3(4)5/h2-8H,1H3;2H2,1H3,(H,4,5). The van der Waals surface area contributed by atoms with Gasteiger partial charge in [0.25, 0.3) is 0 Å². The molecule has 4 nitrogen and oxygen atoms in total. The van der Waals surface area contributed by atoms with Crippen molar-refractivity contribution in [1.82, 2.24) is 0 Å². The van der Waals surface area contributed by atoms with Crippen molar-refractivity contribution in [2.45, 2.75) is 34.2 Å². The van der Waals surface area contributed by atoms with Gasteiger partial charge in [-0.25, -0.2) is 8.42 Å². The Balaban J connectivity index is 0.000000646. The summed E-state index contributed by atoms with van der Waals surface area (Å²) in [6.07, 6.45) is -3.56. The Morgan fingerprint density at radius 1 is 1.19 bits per heavy atom. The molecule has 0 aliphatic heterocycles.